The Kier molecular flexibility index (Phi) is 6.29. The van der Waals surface area contributed by atoms with Crippen LogP contribution in [0.4, 0.5) is 0 Å². The maximum absolute atomic E-state index is 12.5. The zero-order valence-electron chi connectivity index (χ0n) is 15.7. The van der Waals surface area contributed by atoms with Gasteiger partial charge < -0.3 is 10.1 Å². The van der Waals surface area contributed by atoms with Gasteiger partial charge in [-0.15, -0.1) is 0 Å². The molecule has 0 spiro atoms. The number of amides is 1. The predicted octanol–water partition coefficient (Wildman–Crippen LogP) is 3.61. The molecule has 1 aliphatic carbocycles. The smallest absolute Gasteiger partial charge is 0.234 e. The summed E-state index contributed by atoms with van der Waals surface area (Å²) in [6.07, 6.45) is 2.56. The number of ether oxygens (including phenoxy) is 1. The van der Waals surface area contributed by atoms with Crippen LogP contribution in [0.15, 0.2) is 54.6 Å². The summed E-state index contributed by atoms with van der Waals surface area (Å²) in [5.74, 6) is 1.63. The molecule has 26 heavy (non-hydrogen) atoms. The topological polar surface area (TPSA) is 41.6 Å². The normalized spacial score (nSPS) is 14.9. The first-order valence-electron chi connectivity index (χ1n) is 9.33. The van der Waals surface area contributed by atoms with E-state index in [1.54, 1.807) is 7.11 Å². The molecule has 1 saturated carbocycles. The first-order chi connectivity index (χ1) is 12.7. The van der Waals surface area contributed by atoms with Crippen molar-refractivity contribution in [3.63, 3.8) is 0 Å². The summed E-state index contributed by atoms with van der Waals surface area (Å²) >= 11 is 0. The minimum Gasteiger partial charge on any atom is -0.497 e. The second-order valence-electron chi connectivity index (χ2n) is 7.09. The van der Waals surface area contributed by atoms with Gasteiger partial charge in [0, 0.05) is 19.1 Å². The third-order valence-corrected chi connectivity index (χ3v) is 5.10. The summed E-state index contributed by atoms with van der Waals surface area (Å²) in [6, 6.07) is 18.6. The maximum atomic E-state index is 12.5. The van der Waals surface area contributed by atoms with Gasteiger partial charge in [-0.1, -0.05) is 42.5 Å². The van der Waals surface area contributed by atoms with Crippen molar-refractivity contribution in [2.75, 3.05) is 13.7 Å². The molecule has 4 heteroatoms. The van der Waals surface area contributed by atoms with Crippen molar-refractivity contribution in [3.05, 3.63) is 65.7 Å². The van der Waals surface area contributed by atoms with E-state index < -0.39 is 0 Å². The van der Waals surface area contributed by atoms with Crippen molar-refractivity contribution in [1.29, 1.82) is 0 Å². The number of nitrogens with zero attached hydrogens (tertiary/aromatic N) is 1. The van der Waals surface area contributed by atoms with Crippen molar-refractivity contribution < 1.29 is 9.53 Å². The lowest BCUT2D eigenvalue weighted by Gasteiger charge is -2.28. The Labute approximate surface area is 156 Å². The van der Waals surface area contributed by atoms with Crippen LogP contribution in [-0.2, 0) is 17.9 Å². The van der Waals surface area contributed by atoms with Gasteiger partial charge in [0.1, 0.15) is 5.75 Å². The largest absolute Gasteiger partial charge is 0.497 e. The SMILES string of the molecule is COc1ccc(CNC(=O)CN(Cc2ccccc2)C(C)C2CC2)cc1. The van der Waals surface area contributed by atoms with Crippen LogP contribution in [0.3, 0.4) is 0 Å². The van der Waals surface area contributed by atoms with Crippen molar-refractivity contribution in [3.8, 4) is 5.75 Å². The van der Waals surface area contributed by atoms with Crippen molar-refractivity contribution in [1.82, 2.24) is 10.2 Å². The minimum absolute atomic E-state index is 0.0734. The van der Waals surface area contributed by atoms with Crippen LogP contribution in [0.1, 0.15) is 30.9 Å². The third kappa shape index (κ3) is 5.33. The first-order valence-corrected chi connectivity index (χ1v) is 9.33. The molecule has 0 heterocycles. The van der Waals surface area contributed by atoms with Gasteiger partial charge in [-0.05, 0) is 48.9 Å². The van der Waals surface area contributed by atoms with Gasteiger partial charge in [0.05, 0.1) is 13.7 Å². The molecule has 4 nitrogen and oxygen atoms in total. The Morgan fingerprint density at radius 2 is 1.81 bits per heavy atom. The molecule has 1 amide bonds. The molecule has 1 fully saturated rings. The lowest BCUT2D eigenvalue weighted by Crippen LogP contribution is -2.42. The van der Waals surface area contributed by atoms with E-state index in [-0.39, 0.29) is 5.91 Å². The van der Waals surface area contributed by atoms with Gasteiger partial charge in [-0.3, -0.25) is 9.69 Å². The summed E-state index contributed by atoms with van der Waals surface area (Å²) < 4.78 is 5.16. The highest BCUT2D eigenvalue weighted by Crippen LogP contribution is 2.35. The highest BCUT2D eigenvalue weighted by atomic mass is 16.5. The van der Waals surface area contributed by atoms with Gasteiger partial charge in [-0.25, -0.2) is 0 Å². The fourth-order valence-electron chi connectivity index (χ4n) is 3.22. The maximum Gasteiger partial charge on any atom is 0.234 e. The van der Waals surface area contributed by atoms with Gasteiger partial charge in [0.25, 0.3) is 0 Å². The highest BCUT2D eigenvalue weighted by molar-refractivity contribution is 5.78. The van der Waals surface area contributed by atoms with Gasteiger partial charge in [0.15, 0.2) is 0 Å². The number of carbonyl (C=O) groups excluding carboxylic acids is 1. The minimum atomic E-state index is 0.0734. The third-order valence-electron chi connectivity index (χ3n) is 5.10. The molecule has 138 valence electrons. The van der Waals surface area contributed by atoms with Crippen LogP contribution in [0, 0.1) is 5.92 Å². The molecule has 1 atom stereocenters. The fraction of sp³-hybridized carbons (Fsp3) is 0.409. The number of benzene rings is 2. The van der Waals surface area contributed by atoms with Crippen molar-refractivity contribution in [2.24, 2.45) is 5.92 Å². The van der Waals surface area contributed by atoms with Crippen LogP contribution < -0.4 is 10.1 Å². The molecule has 2 aromatic carbocycles. The monoisotopic (exact) mass is 352 g/mol. The summed E-state index contributed by atoms with van der Waals surface area (Å²) in [6.45, 7) is 4.04. The number of hydrogen-bond acceptors (Lipinski definition) is 3. The van der Waals surface area contributed by atoms with Gasteiger partial charge in [0.2, 0.25) is 5.91 Å². The van der Waals surface area contributed by atoms with Crippen molar-refractivity contribution in [2.45, 2.75) is 38.9 Å². The highest BCUT2D eigenvalue weighted by Gasteiger charge is 2.32. The molecule has 1 aliphatic rings. The second-order valence-corrected chi connectivity index (χ2v) is 7.09. The Morgan fingerprint density at radius 3 is 2.42 bits per heavy atom. The van der Waals surface area contributed by atoms with E-state index in [0.29, 0.717) is 19.1 Å². The number of rotatable bonds is 9. The van der Waals surface area contributed by atoms with E-state index in [4.69, 9.17) is 4.74 Å². The lowest BCUT2D eigenvalue weighted by molar-refractivity contribution is -0.123. The standard InChI is InChI=1S/C22H28N2O2/c1-17(20-10-11-20)24(15-19-6-4-3-5-7-19)16-22(25)23-14-18-8-12-21(26-2)13-9-18/h3-9,12-13,17,20H,10-11,14-16H2,1-2H3,(H,23,25). The van der Waals surface area contributed by atoms with Crippen LogP contribution in [0.25, 0.3) is 0 Å². The predicted molar refractivity (Wildman–Crippen MR) is 104 cm³/mol. The number of hydrogen-bond donors (Lipinski definition) is 1. The molecule has 0 saturated heterocycles. The quantitative estimate of drug-likeness (QED) is 0.749. The van der Waals surface area contributed by atoms with Crippen LogP contribution >= 0.6 is 0 Å². The van der Waals surface area contributed by atoms with Crippen LogP contribution in [0.2, 0.25) is 0 Å². The van der Waals surface area contributed by atoms with Gasteiger partial charge >= 0.3 is 0 Å². The Balaban J connectivity index is 1.55. The molecule has 1 N–H and O–H groups in total. The number of nitrogens with one attached hydrogen (secondary N) is 1. The van der Waals surface area contributed by atoms with E-state index in [0.717, 1.165) is 23.8 Å². The molecule has 1 unspecified atom stereocenters. The molecule has 0 aromatic heterocycles. The average Bonchev–Trinajstić information content (AvgIpc) is 3.52. The van der Waals surface area contributed by atoms with E-state index in [1.165, 1.54) is 18.4 Å². The Bertz CT molecular complexity index is 696. The first kappa shape index (κ1) is 18.5. The van der Waals surface area contributed by atoms with E-state index >= 15 is 0 Å². The molecule has 0 radical (unpaired) electrons. The van der Waals surface area contributed by atoms with Crippen LogP contribution in [0.5, 0.6) is 5.75 Å². The Hall–Kier alpha value is -2.33. The van der Waals surface area contributed by atoms with Crippen LogP contribution in [-0.4, -0.2) is 30.5 Å². The molecule has 2 aromatic rings. The molecule has 3 rings (SSSR count). The number of methoxy groups -OCH3 is 1. The number of carbonyl (C=O) groups is 1. The summed E-state index contributed by atoms with van der Waals surface area (Å²) in [5.41, 5.74) is 2.33. The summed E-state index contributed by atoms with van der Waals surface area (Å²) in [5, 5.41) is 3.05. The zero-order chi connectivity index (χ0) is 18.4. The van der Waals surface area contributed by atoms with E-state index in [9.17, 15) is 4.79 Å². The van der Waals surface area contributed by atoms with Gasteiger partial charge in [-0.2, -0.15) is 0 Å². The summed E-state index contributed by atoms with van der Waals surface area (Å²) in [4.78, 5) is 14.8. The average molecular weight is 352 g/mol. The lowest BCUT2D eigenvalue weighted by atomic mass is 10.1. The fourth-order valence-corrected chi connectivity index (χ4v) is 3.22. The van der Waals surface area contributed by atoms with Crippen molar-refractivity contribution >= 4 is 5.91 Å². The molecular formula is C22H28N2O2. The molecular weight excluding hydrogens is 324 g/mol. The molecule has 0 aliphatic heterocycles. The zero-order valence-corrected chi connectivity index (χ0v) is 15.7. The summed E-state index contributed by atoms with van der Waals surface area (Å²) in [7, 11) is 1.65. The second kappa shape index (κ2) is 8.86. The molecule has 0 bridgehead atoms. The van der Waals surface area contributed by atoms with E-state index in [1.807, 2.05) is 30.3 Å². The Morgan fingerprint density at radius 1 is 1.12 bits per heavy atom. The van der Waals surface area contributed by atoms with E-state index in [2.05, 4.69) is 41.4 Å².